The molecule has 15 heteroatoms. The van der Waals surface area contributed by atoms with E-state index in [1.54, 1.807) is 33.3 Å². The van der Waals surface area contributed by atoms with E-state index in [1.165, 1.54) is 18.2 Å². The van der Waals surface area contributed by atoms with Gasteiger partial charge in [0.15, 0.2) is 11.6 Å². The molecular weight excluding hydrogens is 794 g/mol. The molecule has 2 aliphatic heterocycles. The molecule has 0 bridgehead atoms. The van der Waals surface area contributed by atoms with Crippen LogP contribution in [0.15, 0.2) is 42.5 Å². The van der Waals surface area contributed by atoms with Crippen molar-refractivity contribution in [2.45, 2.75) is 81.1 Å². The largest absolute Gasteiger partial charge is 0.489 e. The van der Waals surface area contributed by atoms with E-state index in [2.05, 4.69) is 50.6 Å². The Labute approximate surface area is 357 Å². The SMILES string of the molecule is CC/C=C/[C@](CN1CCN(C(COC)COC)CC1)(OC)[C@@H]1CC[C@H]1CN1C[C@@]2(CCCc3cc(Cl)ccc32)COc2ccc(C(=O)NS(=O)(=O)[C@@H](C)CCOC)nc21. The molecule has 2 fully saturated rings. The number of carbonyl (C=O) groups excluding carboxylic acids is 1. The Hall–Kier alpha value is -2.82. The van der Waals surface area contributed by atoms with Crippen molar-refractivity contribution in [2.75, 3.05) is 106 Å². The minimum Gasteiger partial charge on any atom is -0.489 e. The van der Waals surface area contributed by atoms with Crippen LogP contribution in [0.4, 0.5) is 5.82 Å². The standard InChI is InChI=1S/C44H66ClN5O8S/c1-7-8-19-44(57-6,30-48-20-22-49(23-21-48)36(27-55-4)28-56-5)38-13-11-34(38)26-50-29-43(18-9-10-33-25-35(45)12-14-37(33)43)31-58-40-16-15-39(46-41(40)50)42(51)47-59(52,53)32(2)17-24-54-3/h8,12,14-16,19,25,32,34,36,38H,7,9-11,13,17-18,20-24,26-31H2,1-6H3,(H,47,51)/b19-8+/t32-,34-,38+,43-,44+/m0/s1. The number of allylic oxidation sites excluding steroid dienone is 1. The molecule has 4 aliphatic rings. The van der Waals surface area contributed by atoms with Crippen LogP contribution in [0.3, 0.4) is 0 Å². The quantitative estimate of drug-likeness (QED) is 0.183. The molecule has 1 saturated carbocycles. The molecule has 13 nitrogen and oxygen atoms in total. The maximum atomic E-state index is 13.6. The number of amides is 1. The van der Waals surface area contributed by atoms with E-state index in [0.29, 0.717) is 44.5 Å². The molecule has 1 spiro atoms. The molecule has 6 rings (SSSR count). The number of methoxy groups -OCH3 is 4. The zero-order valence-corrected chi connectivity index (χ0v) is 37.5. The van der Waals surface area contributed by atoms with Gasteiger partial charge in [-0.05, 0) is 99.1 Å². The summed E-state index contributed by atoms with van der Waals surface area (Å²) < 4.78 is 58.0. The number of aryl methyl sites for hydroxylation is 1. The van der Waals surface area contributed by atoms with Gasteiger partial charge in [0.1, 0.15) is 11.3 Å². The van der Waals surface area contributed by atoms with E-state index in [9.17, 15) is 13.2 Å². The summed E-state index contributed by atoms with van der Waals surface area (Å²) >= 11 is 6.52. The van der Waals surface area contributed by atoms with E-state index in [-0.39, 0.29) is 42.0 Å². The zero-order chi connectivity index (χ0) is 42.2. The van der Waals surface area contributed by atoms with Gasteiger partial charge < -0.3 is 28.6 Å². The third-order valence-electron chi connectivity index (χ3n) is 13.2. The van der Waals surface area contributed by atoms with E-state index in [1.807, 2.05) is 13.2 Å². The molecular formula is C44H66ClN5O8S. The smallest absolute Gasteiger partial charge is 0.283 e. The fraction of sp³-hybridized carbons (Fsp3) is 0.682. The van der Waals surface area contributed by atoms with Gasteiger partial charge in [0, 0.05) is 91.3 Å². The highest BCUT2D eigenvalue weighted by atomic mass is 35.5. The fourth-order valence-corrected chi connectivity index (χ4v) is 10.9. The highest BCUT2D eigenvalue weighted by Gasteiger charge is 2.50. The third-order valence-corrected chi connectivity index (χ3v) is 15.2. The van der Waals surface area contributed by atoms with Gasteiger partial charge in [-0.3, -0.25) is 14.6 Å². The van der Waals surface area contributed by atoms with Gasteiger partial charge in [-0.2, -0.15) is 0 Å². The molecule has 3 heterocycles. The number of hydrogen-bond acceptors (Lipinski definition) is 12. The summed E-state index contributed by atoms with van der Waals surface area (Å²) in [6.45, 7) is 11.5. The predicted octanol–water partition coefficient (Wildman–Crippen LogP) is 5.35. The molecule has 1 aromatic heterocycles. The summed E-state index contributed by atoms with van der Waals surface area (Å²) in [4.78, 5) is 25.9. The zero-order valence-electron chi connectivity index (χ0n) is 35.9. The molecule has 0 unspecified atom stereocenters. The molecule has 328 valence electrons. The van der Waals surface area contributed by atoms with Crippen LogP contribution in [0.25, 0.3) is 0 Å². The van der Waals surface area contributed by atoms with Crippen LogP contribution in [0, 0.1) is 11.8 Å². The van der Waals surface area contributed by atoms with Gasteiger partial charge in [-0.1, -0.05) is 36.7 Å². The molecule has 0 radical (unpaired) electrons. The van der Waals surface area contributed by atoms with Crippen LogP contribution in [-0.4, -0.2) is 147 Å². The number of nitrogens with one attached hydrogen (secondary N) is 1. The number of anilines is 1. The first-order valence-electron chi connectivity index (χ1n) is 21.3. The Bertz CT molecular complexity index is 1860. The lowest BCUT2D eigenvalue weighted by Crippen LogP contribution is -2.60. The van der Waals surface area contributed by atoms with Crippen molar-refractivity contribution in [1.29, 1.82) is 0 Å². The summed E-state index contributed by atoms with van der Waals surface area (Å²) in [5.74, 6) is 0.844. The van der Waals surface area contributed by atoms with E-state index in [0.717, 1.165) is 76.3 Å². The van der Waals surface area contributed by atoms with Crippen molar-refractivity contribution < 1.29 is 36.9 Å². The summed E-state index contributed by atoms with van der Waals surface area (Å²) in [5, 5.41) is -0.101. The summed E-state index contributed by atoms with van der Waals surface area (Å²) in [7, 11) is 2.89. The molecule has 1 aromatic carbocycles. The number of sulfonamides is 1. The molecule has 1 N–H and O–H groups in total. The number of nitrogens with zero attached hydrogens (tertiary/aromatic N) is 4. The van der Waals surface area contributed by atoms with Crippen molar-refractivity contribution in [3.8, 4) is 5.75 Å². The number of halogens is 1. The second-order valence-electron chi connectivity index (χ2n) is 17.0. The van der Waals surface area contributed by atoms with Gasteiger partial charge in [-0.25, -0.2) is 18.1 Å². The topological polar surface area (TPSA) is 132 Å². The minimum atomic E-state index is -3.97. The van der Waals surface area contributed by atoms with Crippen molar-refractivity contribution in [3.63, 3.8) is 0 Å². The van der Waals surface area contributed by atoms with Crippen molar-refractivity contribution in [2.24, 2.45) is 11.8 Å². The number of piperazine rings is 1. The highest BCUT2D eigenvalue weighted by Crippen LogP contribution is 2.49. The van der Waals surface area contributed by atoms with E-state index < -0.39 is 26.8 Å². The lowest BCUT2D eigenvalue weighted by molar-refractivity contribution is -0.0979. The third kappa shape index (κ3) is 10.5. The monoisotopic (exact) mass is 859 g/mol. The van der Waals surface area contributed by atoms with Crippen molar-refractivity contribution in [1.82, 2.24) is 19.5 Å². The van der Waals surface area contributed by atoms with Crippen LogP contribution in [0.1, 0.15) is 74.0 Å². The Morgan fingerprint density at radius 2 is 1.85 bits per heavy atom. The van der Waals surface area contributed by atoms with Crippen LogP contribution < -0.4 is 14.4 Å². The maximum absolute atomic E-state index is 13.6. The molecule has 5 atom stereocenters. The normalized spacial score (nSPS) is 24.2. The second-order valence-corrected chi connectivity index (χ2v) is 19.5. The Morgan fingerprint density at radius 1 is 1.08 bits per heavy atom. The summed E-state index contributed by atoms with van der Waals surface area (Å²) in [5.41, 5.74) is 1.65. The van der Waals surface area contributed by atoms with Crippen molar-refractivity contribution in [3.05, 3.63) is 64.3 Å². The van der Waals surface area contributed by atoms with Crippen LogP contribution in [0.2, 0.25) is 5.02 Å². The molecule has 2 aromatic rings. The highest BCUT2D eigenvalue weighted by molar-refractivity contribution is 7.90. The second kappa shape index (κ2) is 20.4. The van der Waals surface area contributed by atoms with Gasteiger partial charge in [0.05, 0.1) is 31.1 Å². The van der Waals surface area contributed by atoms with Gasteiger partial charge >= 0.3 is 0 Å². The number of carbonyl (C=O) groups is 1. The fourth-order valence-electron chi connectivity index (χ4n) is 9.72. The van der Waals surface area contributed by atoms with Crippen LogP contribution in [-0.2, 0) is 40.8 Å². The minimum absolute atomic E-state index is 0.0197. The van der Waals surface area contributed by atoms with Crippen LogP contribution in [0.5, 0.6) is 5.75 Å². The first-order valence-corrected chi connectivity index (χ1v) is 23.2. The van der Waals surface area contributed by atoms with Gasteiger partial charge in [0.2, 0.25) is 10.0 Å². The van der Waals surface area contributed by atoms with Crippen molar-refractivity contribution >= 4 is 33.3 Å². The lowest BCUT2D eigenvalue weighted by atomic mass is 9.63. The Morgan fingerprint density at radius 3 is 2.51 bits per heavy atom. The molecule has 1 amide bonds. The number of ether oxygens (including phenoxy) is 5. The lowest BCUT2D eigenvalue weighted by Gasteiger charge is -2.52. The Kier molecular flexibility index (Phi) is 15.8. The van der Waals surface area contributed by atoms with Gasteiger partial charge in [-0.15, -0.1) is 0 Å². The number of pyridine rings is 1. The first-order chi connectivity index (χ1) is 28.4. The summed E-state index contributed by atoms with van der Waals surface area (Å²) in [6, 6.07) is 9.74. The van der Waals surface area contributed by atoms with E-state index in [4.69, 9.17) is 40.3 Å². The average Bonchev–Trinajstić information content (AvgIpc) is 3.37. The molecule has 1 saturated heterocycles. The molecule has 59 heavy (non-hydrogen) atoms. The number of hydrogen-bond donors (Lipinski definition) is 1. The predicted molar refractivity (Wildman–Crippen MR) is 231 cm³/mol. The van der Waals surface area contributed by atoms with Gasteiger partial charge in [0.25, 0.3) is 5.91 Å². The average molecular weight is 861 g/mol. The first kappa shape index (κ1) is 45.7. The maximum Gasteiger partial charge on any atom is 0.283 e. The Balaban J connectivity index is 1.29. The number of aromatic nitrogens is 1. The molecule has 2 aliphatic carbocycles. The number of benzene rings is 1. The van der Waals surface area contributed by atoms with Crippen LogP contribution >= 0.6 is 11.6 Å². The number of rotatable bonds is 19. The van der Waals surface area contributed by atoms with E-state index >= 15 is 0 Å². The number of fused-ring (bicyclic) bond motifs is 3. The summed E-state index contributed by atoms with van der Waals surface area (Å²) in [6.07, 6.45) is 10.6.